The molecule has 0 saturated heterocycles. The van der Waals surface area contributed by atoms with E-state index in [-0.39, 0.29) is 6.61 Å². The van der Waals surface area contributed by atoms with Gasteiger partial charge in [-0.15, -0.1) is 0 Å². The maximum Gasteiger partial charge on any atom is 0.131 e. The summed E-state index contributed by atoms with van der Waals surface area (Å²) >= 11 is 11.9. The summed E-state index contributed by atoms with van der Waals surface area (Å²) in [5, 5.41) is 10.3. The highest BCUT2D eigenvalue weighted by Crippen LogP contribution is 2.32. The van der Waals surface area contributed by atoms with Crippen molar-refractivity contribution in [2.45, 2.75) is 6.61 Å². The SMILES string of the molecule is Nc1nccc(CO)c1-c1cc(Cl)cc(Cl)c1. The minimum Gasteiger partial charge on any atom is -0.392 e. The standard InChI is InChI=1S/C12H10Cl2N2O/c13-9-3-8(4-10(14)5-9)11-7(6-17)1-2-16-12(11)15/h1-5,17H,6H2,(H2,15,16). The zero-order chi connectivity index (χ0) is 12.4. The molecule has 0 saturated carbocycles. The Morgan fingerprint density at radius 3 is 2.41 bits per heavy atom. The fraction of sp³-hybridized carbons (Fsp3) is 0.0833. The maximum absolute atomic E-state index is 9.29. The van der Waals surface area contributed by atoms with E-state index in [9.17, 15) is 5.11 Å². The molecule has 0 aliphatic rings. The number of hydrogen-bond acceptors (Lipinski definition) is 3. The van der Waals surface area contributed by atoms with Crippen LogP contribution in [0.15, 0.2) is 30.5 Å². The summed E-state index contributed by atoms with van der Waals surface area (Å²) in [6.45, 7) is -0.119. The average molecular weight is 269 g/mol. The van der Waals surface area contributed by atoms with Gasteiger partial charge in [0.1, 0.15) is 5.82 Å². The second-order valence-corrected chi connectivity index (χ2v) is 4.42. The van der Waals surface area contributed by atoms with E-state index in [1.807, 2.05) is 0 Å². The van der Waals surface area contributed by atoms with Gasteiger partial charge in [0.05, 0.1) is 6.61 Å². The van der Waals surface area contributed by atoms with Crippen LogP contribution in [0.1, 0.15) is 5.56 Å². The van der Waals surface area contributed by atoms with Gasteiger partial charge in [0, 0.05) is 21.8 Å². The van der Waals surface area contributed by atoms with Crippen molar-refractivity contribution in [3.8, 4) is 11.1 Å². The Morgan fingerprint density at radius 2 is 1.82 bits per heavy atom. The van der Waals surface area contributed by atoms with Crippen molar-refractivity contribution in [3.63, 3.8) is 0 Å². The van der Waals surface area contributed by atoms with Gasteiger partial charge >= 0.3 is 0 Å². The Kier molecular flexibility index (Phi) is 3.52. The number of aliphatic hydroxyl groups excluding tert-OH is 1. The molecule has 0 atom stereocenters. The summed E-state index contributed by atoms with van der Waals surface area (Å²) in [7, 11) is 0. The summed E-state index contributed by atoms with van der Waals surface area (Å²) in [5.74, 6) is 0.342. The Labute approximate surface area is 109 Å². The predicted molar refractivity (Wildman–Crippen MR) is 70.0 cm³/mol. The van der Waals surface area contributed by atoms with E-state index in [0.29, 0.717) is 27.0 Å². The van der Waals surface area contributed by atoms with Crippen molar-refractivity contribution in [1.82, 2.24) is 4.98 Å². The zero-order valence-corrected chi connectivity index (χ0v) is 10.3. The van der Waals surface area contributed by atoms with Gasteiger partial charge in [-0.3, -0.25) is 0 Å². The smallest absolute Gasteiger partial charge is 0.131 e. The van der Waals surface area contributed by atoms with E-state index in [0.717, 1.165) is 5.56 Å². The van der Waals surface area contributed by atoms with Crippen LogP contribution >= 0.6 is 23.2 Å². The molecule has 0 amide bonds. The molecule has 5 heteroatoms. The van der Waals surface area contributed by atoms with Gasteiger partial charge in [-0.1, -0.05) is 23.2 Å². The van der Waals surface area contributed by atoms with Crippen LogP contribution in [0.25, 0.3) is 11.1 Å². The number of aromatic nitrogens is 1. The van der Waals surface area contributed by atoms with Gasteiger partial charge in [0.15, 0.2) is 0 Å². The summed E-state index contributed by atoms with van der Waals surface area (Å²) in [6.07, 6.45) is 1.55. The summed E-state index contributed by atoms with van der Waals surface area (Å²) < 4.78 is 0. The molecule has 3 N–H and O–H groups in total. The lowest BCUT2D eigenvalue weighted by atomic mass is 10.0. The largest absolute Gasteiger partial charge is 0.392 e. The van der Waals surface area contributed by atoms with E-state index in [1.54, 1.807) is 30.5 Å². The van der Waals surface area contributed by atoms with Crippen LogP contribution in [0.3, 0.4) is 0 Å². The number of anilines is 1. The second kappa shape index (κ2) is 4.92. The van der Waals surface area contributed by atoms with Gasteiger partial charge in [-0.2, -0.15) is 0 Å². The van der Waals surface area contributed by atoms with Crippen LogP contribution in [0.2, 0.25) is 10.0 Å². The van der Waals surface area contributed by atoms with Crippen LogP contribution in [0.5, 0.6) is 0 Å². The summed E-state index contributed by atoms with van der Waals surface area (Å²) in [4.78, 5) is 4.00. The highest BCUT2D eigenvalue weighted by atomic mass is 35.5. The number of nitrogens with two attached hydrogens (primary N) is 1. The molecule has 0 aliphatic heterocycles. The minimum absolute atomic E-state index is 0.119. The molecule has 0 bridgehead atoms. The van der Waals surface area contributed by atoms with Crippen molar-refractivity contribution in [3.05, 3.63) is 46.1 Å². The van der Waals surface area contributed by atoms with Crippen LogP contribution in [0.4, 0.5) is 5.82 Å². The number of rotatable bonds is 2. The molecule has 17 heavy (non-hydrogen) atoms. The number of nitrogens with zero attached hydrogens (tertiary/aromatic N) is 1. The molecule has 3 nitrogen and oxygen atoms in total. The first-order valence-electron chi connectivity index (χ1n) is 4.92. The lowest BCUT2D eigenvalue weighted by molar-refractivity contribution is 0.282. The van der Waals surface area contributed by atoms with Gasteiger partial charge < -0.3 is 10.8 Å². The first-order chi connectivity index (χ1) is 8.11. The third kappa shape index (κ3) is 2.52. The van der Waals surface area contributed by atoms with Crippen LogP contribution in [-0.4, -0.2) is 10.1 Å². The van der Waals surface area contributed by atoms with E-state index in [2.05, 4.69) is 4.98 Å². The molecule has 2 rings (SSSR count). The molecular weight excluding hydrogens is 259 g/mol. The molecule has 1 aromatic heterocycles. The lowest BCUT2D eigenvalue weighted by Gasteiger charge is -2.10. The van der Waals surface area contributed by atoms with E-state index in [4.69, 9.17) is 28.9 Å². The number of hydrogen-bond donors (Lipinski definition) is 2. The normalized spacial score (nSPS) is 10.5. The molecular formula is C12H10Cl2N2O. The monoisotopic (exact) mass is 268 g/mol. The molecule has 1 aromatic carbocycles. The first kappa shape index (κ1) is 12.2. The third-order valence-electron chi connectivity index (χ3n) is 2.39. The minimum atomic E-state index is -0.119. The fourth-order valence-electron chi connectivity index (χ4n) is 1.68. The van der Waals surface area contributed by atoms with E-state index < -0.39 is 0 Å². The van der Waals surface area contributed by atoms with Crippen LogP contribution in [0, 0.1) is 0 Å². The zero-order valence-electron chi connectivity index (χ0n) is 8.82. The number of nitrogen functional groups attached to an aromatic ring is 1. The van der Waals surface area contributed by atoms with Crippen molar-refractivity contribution >= 4 is 29.0 Å². The molecule has 0 unspecified atom stereocenters. The maximum atomic E-state index is 9.29. The summed E-state index contributed by atoms with van der Waals surface area (Å²) in [5.41, 5.74) is 7.92. The van der Waals surface area contributed by atoms with E-state index >= 15 is 0 Å². The van der Waals surface area contributed by atoms with Gasteiger partial charge in [0.2, 0.25) is 0 Å². The predicted octanol–water partition coefficient (Wildman–Crippen LogP) is 3.13. The lowest BCUT2D eigenvalue weighted by Crippen LogP contribution is -1.98. The summed E-state index contributed by atoms with van der Waals surface area (Å²) in [6, 6.07) is 6.82. The first-order valence-corrected chi connectivity index (χ1v) is 5.68. The molecule has 0 fully saturated rings. The van der Waals surface area contributed by atoms with Crippen molar-refractivity contribution in [1.29, 1.82) is 0 Å². The fourth-order valence-corrected chi connectivity index (χ4v) is 2.21. The Hall–Kier alpha value is -1.29. The van der Waals surface area contributed by atoms with E-state index in [1.165, 1.54) is 0 Å². The van der Waals surface area contributed by atoms with Gasteiger partial charge in [0.25, 0.3) is 0 Å². The van der Waals surface area contributed by atoms with Crippen molar-refractivity contribution in [2.75, 3.05) is 5.73 Å². The molecule has 88 valence electrons. The highest BCUT2D eigenvalue weighted by molar-refractivity contribution is 6.35. The number of aliphatic hydroxyl groups is 1. The molecule has 0 radical (unpaired) electrons. The Morgan fingerprint density at radius 1 is 1.18 bits per heavy atom. The number of pyridine rings is 1. The van der Waals surface area contributed by atoms with Gasteiger partial charge in [-0.05, 0) is 35.4 Å². The van der Waals surface area contributed by atoms with Crippen molar-refractivity contribution < 1.29 is 5.11 Å². The highest BCUT2D eigenvalue weighted by Gasteiger charge is 2.10. The molecule has 0 spiro atoms. The molecule has 1 heterocycles. The average Bonchev–Trinajstić information content (AvgIpc) is 2.27. The van der Waals surface area contributed by atoms with Crippen LogP contribution < -0.4 is 5.73 Å². The second-order valence-electron chi connectivity index (χ2n) is 3.55. The quantitative estimate of drug-likeness (QED) is 0.880. The van der Waals surface area contributed by atoms with Gasteiger partial charge in [-0.25, -0.2) is 4.98 Å². The Bertz CT molecular complexity index is 538. The number of benzene rings is 1. The van der Waals surface area contributed by atoms with Crippen LogP contribution in [-0.2, 0) is 6.61 Å². The van der Waals surface area contributed by atoms with Crippen molar-refractivity contribution in [2.24, 2.45) is 0 Å². The third-order valence-corrected chi connectivity index (χ3v) is 2.82. The molecule has 0 aliphatic carbocycles. The molecule has 2 aromatic rings. The number of halogens is 2. The topological polar surface area (TPSA) is 59.1 Å². The Balaban J connectivity index is 2.67.